The van der Waals surface area contributed by atoms with Crippen LogP contribution in [0.5, 0.6) is 0 Å². The molecule has 1 heterocycles. The van der Waals surface area contributed by atoms with Gasteiger partial charge < -0.3 is 9.80 Å². The molecule has 0 spiro atoms. The zero-order valence-electron chi connectivity index (χ0n) is 13.6. The van der Waals surface area contributed by atoms with Gasteiger partial charge >= 0.3 is 0 Å². The van der Waals surface area contributed by atoms with E-state index in [0.29, 0.717) is 0 Å². The molecule has 2 N–H and O–H groups in total. The topological polar surface area (TPSA) is 8.88 Å². The van der Waals surface area contributed by atoms with Gasteiger partial charge in [0.2, 0.25) is 0 Å². The summed E-state index contributed by atoms with van der Waals surface area (Å²) in [4.78, 5) is 3.42. The number of benzene rings is 2. The molecule has 0 aliphatic carbocycles. The summed E-state index contributed by atoms with van der Waals surface area (Å²) in [6.45, 7) is 4.96. The van der Waals surface area contributed by atoms with Crippen molar-refractivity contribution in [3.8, 4) is 0 Å². The normalized spacial score (nSPS) is 23.1. The Hall–Kier alpha value is -1.64. The maximum Gasteiger partial charge on any atom is 0.103 e. The molecule has 2 nitrogen and oxygen atoms in total. The SMILES string of the molecule is C[NH+](Cc1ccccc1)C1CC[NH+](Cc2ccccc2)CC1. The van der Waals surface area contributed by atoms with E-state index in [-0.39, 0.29) is 0 Å². The van der Waals surface area contributed by atoms with E-state index in [0.717, 1.165) is 12.6 Å². The highest BCUT2D eigenvalue weighted by atomic mass is 15.2. The van der Waals surface area contributed by atoms with Crippen molar-refractivity contribution in [1.29, 1.82) is 0 Å². The van der Waals surface area contributed by atoms with Gasteiger partial charge in [-0.25, -0.2) is 0 Å². The quantitative estimate of drug-likeness (QED) is 0.813. The smallest absolute Gasteiger partial charge is 0.103 e. The lowest BCUT2D eigenvalue weighted by molar-refractivity contribution is -0.960. The molecule has 2 heteroatoms. The maximum atomic E-state index is 2.36. The Balaban J connectivity index is 1.47. The van der Waals surface area contributed by atoms with Crippen LogP contribution in [0.3, 0.4) is 0 Å². The molecule has 0 bridgehead atoms. The average molecular weight is 296 g/mol. The van der Waals surface area contributed by atoms with E-state index < -0.39 is 0 Å². The van der Waals surface area contributed by atoms with Crippen LogP contribution in [0.25, 0.3) is 0 Å². The highest BCUT2D eigenvalue weighted by Crippen LogP contribution is 2.01. The first-order chi connectivity index (χ1) is 10.8. The molecule has 1 aliphatic rings. The molecular weight excluding hydrogens is 268 g/mol. The van der Waals surface area contributed by atoms with E-state index in [2.05, 4.69) is 67.7 Å². The number of hydrogen-bond donors (Lipinski definition) is 2. The maximum absolute atomic E-state index is 2.36. The number of likely N-dealkylation sites (tertiary alicyclic amines) is 1. The van der Waals surface area contributed by atoms with Gasteiger partial charge in [0.1, 0.15) is 13.1 Å². The predicted molar refractivity (Wildman–Crippen MR) is 90.9 cm³/mol. The first-order valence-electron chi connectivity index (χ1n) is 8.55. The molecule has 2 aromatic rings. The van der Waals surface area contributed by atoms with Crippen LogP contribution in [0.15, 0.2) is 60.7 Å². The molecule has 1 unspecified atom stereocenters. The molecule has 1 atom stereocenters. The first kappa shape index (κ1) is 15.3. The third-order valence-corrected chi connectivity index (χ3v) is 5.01. The van der Waals surface area contributed by atoms with Crippen LogP contribution in [0, 0.1) is 0 Å². The fourth-order valence-corrected chi connectivity index (χ4v) is 3.64. The first-order valence-corrected chi connectivity index (χ1v) is 8.55. The average Bonchev–Trinajstić information content (AvgIpc) is 2.57. The molecule has 1 aliphatic heterocycles. The molecule has 2 aromatic carbocycles. The van der Waals surface area contributed by atoms with Crippen LogP contribution in [0.2, 0.25) is 0 Å². The van der Waals surface area contributed by atoms with Crippen LogP contribution in [0.4, 0.5) is 0 Å². The second-order valence-corrected chi connectivity index (χ2v) is 6.70. The molecular formula is C20H28N2+2. The zero-order valence-corrected chi connectivity index (χ0v) is 13.6. The molecule has 0 aromatic heterocycles. The van der Waals surface area contributed by atoms with Gasteiger partial charge in [0.15, 0.2) is 0 Å². The van der Waals surface area contributed by atoms with Gasteiger partial charge in [-0.3, -0.25) is 0 Å². The number of quaternary nitrogens is 2. The number of rotatable bonds is 5. The van der Waals surface area contributed by atoms with Crippen LogP contribution < -0.4 is 9.80 Å². The van der Waals surface area contributed by atoms with Gasteiger partial charge in [0, 0.05) is 24.0 Å². The summed E-state index contributed by atoms with van der Waals surface area (Å²) in [5, 5.41) is 0. The Bertz CT molecular complexity index is 544. The Labute approximate surface area is 134 Å². The molecule has 0 radical (unpaired) electrons. The highest BCUT2D eigenvalue weighted by molar-refractivity contribution is 5.13. The molecule has 22 heavy (non-hydrogen) atoms. The lowest BCUT2D eigenvalue weighted by Gasteiger charge is -2.32. The number of hydrogen-bond acceptors (Lipinski definition) is 0. The number of piperidine rings is 1. The molecule has 3 rings (SSSR count). The Morgan fingerprint density at radius 3 is 2.00 bits per heavy atom. The summed E-state index contributed by atoms with van der Waals surface area (Å²) in [5.41, 5.74) is 2.93. The summed E-state index contributed by atoms with van der Waals surface area (Å²) in [6.07, 6.45) is 2.70. The van der Waals surface area contributed by atoms with Crippen molar-refractivity contribution >= 4 is 0 Å². The van der Waals surface area contributed by atoms with Crippen molar-refractivity contribution in [2.45, 2.75) is 32.0 Å². The fraction of sp³-hybridized carbons (Fsp3) is 0.400. The van der Waals surface area contributed by atoms with E-state index in [1.165, 1.54) is 43.6 Å². The monoisotopic (exact) mass is 296 g/mol. The predicted octanol–water partition coefficient (Wildman–Crippen LogP) is 0.949. The van der Waals surface area contributed by atoms with E-state index in [4.69, 9.17) is 0 Å². The van der Waals surface area contributed by atoms with E-state index >= 15 is 0 Å². The van der Waals surface area contributed by atoms with Crippen LogP contribution in [-0.4, -0.2) is 26.2 Å². The molecule has 0 saturated carbocycles. The molecule has 116 valence electrons. The standard InChI is InChI=1S/C20H26N2/c1-21(16-18-8-4-2-5-9-18)20-12-14-22(15-13-20)17-19-10-6-3-7-11-19/h2-11,20H,12-17H2,1H3/p+2. The van der Waals surface area contributed by atoms with Crippen molar-refractivity contribution in [3.05, 3.63) is 71.8 Å². The third-order valence-electron chi connectivity index (χ3n) is 5.01. The van der Waals surface area contributed by atoms with E-state index in [9.17, 15) is 0 Å². The lowest BCUT2D eigenvalue weighted by Crippen LogP contribution is -3.18. The Morgan fingerprint density at radius 2 is 1.41 bits per heavy atom. The third kappa shape index (κ3) is 4.19. The Kier molecular flexibility index (Phi) is 5.25. The largest absolute Gasteiger partial charge is 0.331 e. The summed E-state index contributed by atoms with van der Waals surface area (Å²) in [6, 6.07) is 22.6. The summed E-state index contributed by atoms with van der Waals surface area (Å²) >= 11 is 0. The summed E-state index contributed by atoms with van der Waals surface area (Å²) in [5.74, 6) is 0. The zero-order chi connectivity index (χ0) is 15.2. The molecule has 1 fully saturated rings. The van der Waals surface area contributed by atoms with E-state index in [1.54, 1.807) is 9.80 Å². The van der Waals surface area contributed by atoms with Gasteiger partial charge in [-0.2, -0.15) is 0 Å². The fourth-order valence-electron chi connectivity index (χ4n) is 3.64. The molecule has 0 amide bonds. The molecule has 1 saturated heterocycles. The van der Waals surface area contributed by atoms with Gasteiger partial charge in [0.25, 0.3) is 0 Å². The van der Waals surface area contributed by atoms with Crippen molar-refractivity contribution in [2.24, 2.45) is 0 Å². The summed E-state index contributed by atoms with van der Waals surface area (Å²) in [7, 11) is 2.36. The second-order valence-electron chi connectivity index (χ2n) is 6.70. The van der Waals surface area contributed by atoms with Crippen molar-refractivity contribution < 1.29 is 9.80 Å². The number of nitrogens with one attached hydrogen (secondary N) is 2. The van der Waals surface area contributed by atoms with Gasteiger partial charge in [-0.05, 0) is 0 Å². The highest BCUT2D eigenvalue weighted by Gasteiger charge is 2.27. The second kappa shape index (κ2) is 7.57. The van der Waals surface area contributed by atoms with E-state index in [1.807, 2.05) is 0 Å². The van der Waals surface area contributed by atoms with Gasteiger partial charge in [-0.1, -0.05) is 60.7 Å². The summed E-state index contributed by atoms with van der Waals surface area (Å²) < 4.78 is 0. The van der Waals surface area contributed by atoms with Crippen molar-refractivity contribution in [1.82, 2.24) is 0 Å². The minimum absolute atomic E-state index is 0.819. The van der Waals surface area contributed by atoms with Gasteiger partial charge in [-0.15, -0.1) is 0 Å². The van der Waals surface area contributed by atoms with Crippen LogP contribution >= 0.6 is 0 Å². The van der Waals surface area contributed by atoms with Crippen molar-refractivity contribution in [3.63, 3.8) is 0 Å². The van der Waals surface area contributed by atoms with Crippen LogP contribution in [0.1, 0.15) is 24.0 Å². The lowest BCUT2D eigenvalue weighted by atomic mass is 10.0. The van der Waals surface area contributed by atoms with Crippen molar-refractivity contribution in [2.75, 3.05) is 20.1 Å². The van der Waals surface area contributed by atoms with Gasteiger partial charge in [0.05, 0.1) is 26.2 Å². The minimum atomic E-state index is 0.819. The Morgan fingerprint density at radius 1 is 0.864 bits per heavy atom. The minimum Gasteiger partial charge on any atom is -0.331 e. The van der Waals surface area contributed by atoms with Crippen LogP contribution in [-0.2, 0) is 13.1 Å².